The highest BCUT2D eigenvalue weighted by atomic mass is 15.3. The standard InChI is InChI=1S/C26H26N2/c1-17-6-11-22(12-7-17)25-21(5)26(23-13-8-18(2)9-14-23)28(27-25)24-15-10-19(3)20(4)16-24/h6-16H,1-5H3. The zero-order valence-electron chi connectivity index (χ0n) is 17.2. The minimum absolute atomic E-state index is 1.04. The van der Waals surface area contributed by atoms with Crippen molar-refractivity contribution in [3.05, 3.63) is 94.5 Å². The predicted octanol–water partition coefficient (Wildman–Crippen LogP) is 6.75. The summed E-state index contributed by atoms with van der Waals surface area (Å²) in [4.78, 5) is 0. The number of aromatic nitrogens is 2. The molecule has 1 aromatic heterocycles. The largest absolute Gasteiger partial charge is 0.232 e. The van der Waals surface area contributed by atoms with Gasteiger partial charge in [-0.1, -0.05) is 65.7 Å². The number of rotatable bonds is 3. The third-order valence-electron chi connectivity index (χ3n) is 5.51. The fourth-order valence-electron chi connectivity index (χ4n) is 3.58. The van der Waals surface area contributed by atoms with Crippen molar-refractivity contribution >= 4 is 0 Å². The Labute approximate surface area is 167 Å². The summed E-state index contributed by atoms with van der Waals surface area (Å²) in [6.07, 6.45) is 0. The third-order valence-corrected chi connectivity index (χ3v) is 5.51. The molecule has 1 heterocycles. The molecule has 0 bridgehead atoms. The minimum atomic E-state index is 1.04. The van der Waals surface area contributed by atoms with E-state index < -0.39 is 0 Å². The molecule has 3 aromatic carbocycles. The first kappa shape index (κ1) is 18.2. The Morgan fingerprint density at radius 2 is 1.18 bits per heavy atom. The molecule has 28 heavy (non-hydrogen) atoms. The fourth-order valence-corrected chi connectivity index (χ4v) is 3.58. The van der Waals surface area contributed by atoms with Crippen LogP contribution in [-0.4, -0.2) is 9.78 Å². The first-order valence-electron chi connectivity index (χ1n) is 9.75. The maximum Gasteiger partial charge on any atom is 0.0963 e. The quantitative estimate of drug-likeness (QED) is 0.392. The lowest BCUT2D eigenvalue weighted by Crippen LogP contribution is -2.00. The summed E-state index contributed by atoms with van der Waals surface area (Å²) in [5, 5.41) is 5.07. The molecule has 0 aliphatic carbocycles. The van der Waals surface area contributed by atoms with Gasteiger partial charge < -0.3 is 0 Å². The average Bonchev–Trinajstić information content (AvgIpc) is 3.02. The van der Waals surface area contributed by atoms with E-state index in [1.807, 2.05) is 0 Å². The van der Waals surface area contributed by atoms with Crippen LogP contribution in [0.3, 0.4) is 0 Å². The summed E-state index contributed by atoms with van der Waals surface area (Å²) in [5.41, 5.74) is 11.9. The monoisotopic (exact) mass is 366 g/mol. The zero-order valence-corrected chi connectivity index (χ0v) is 17.2. The Kier molecular flexibility index (Phi) is 4.64. The molecule has 2 nitrogen and oxygen atoms in total. The highest BCUT2D eigenvalue weighted by Crippen LogP contribution is 2.34. The number of hydrogen-bond donors (Lipinski definition) is 0. The number of aryl methyl sites for hydroxylation is 4. The first-order valence-corrected chi connectivity index (χ1v) is 9.75. The smallest absolute Gasteiger partial charge is 0.0963 e. The van der Waals surface area contributed by atoms with Gasteiger partial charge in [0.1, 0.15) is 0 Å². The van der Waals surface area contributed by atoms with Crippen molar-refractivity contribution in [1.82, 2.24) is 9.78 Å². The normalized spacial score (nSPS) is 11.0. The number of nitrogens with zero attached hydrogens (tertiary/aromatic N) is 2. The van der Waals surface area contributed by atoms with Crippen molar-refractivity contribution in [3.8, 4) is 28.2 Å². The maximum absolute atomic E-state index is 5.07. The minimum Gasteiger partial charge on any atom is -0.232 e. The molecule has 0 unspecified atom stereocenters. The number of hydrogen-bond acceptors (Lipinski definition) is 1. The molecule has 2 heteroatoms. The Bertz CT molecular complexity index is 1130. The van der Waals surface area contributed by atoms with Crippen molar-refractivity contribution in [1.29, 1.82) is 0 Å². The second-order valence-corrected chi connectivity index (χ2v) is 7.73. The molecule has 4 rings (SSSR count). The van der Waals surface area contributed by atoms with Crippen LogP contribution < -0.4 is 0 Å². The van der Waals surface area contributed by atoms with Crippen molar-refractivity contribution in [2.75, 3.05) is 0 Å². The van der Waals surface area contributed by atoms with E-state index in [9.17, 15) is 0 Å². The lowest BCUT2D eigenvalue weighted by molar-refractivity contribution is 0.889. The van der Waals surface area contributed by atoms with Crippen LogP contribution in [0.15, 0.2) is 66.7 Å². The molecule has 0 saturated heterocycles. The van der Waals surface area contributed by atoms with Crippen molar-refractivity contribution in [2.24, 2.45) is 0 Å². The van der Waals surface area contributed by atoms with Crippen molar-refractivity contribution in [3.63, 3.8) is 0 Å². The molecular formula is C26H26N2. The van der Waals surface area contributed by atoms with Crippen LogP contribution in [0.2, 0.25) is 0 Å². The molecule has 0 aliphatic heterocycles. The zero-order chi connectivity index (χ0) is 19.8. The molecule has 0 spiro atoms. The highest BCUT2D eigenvalue weighted by molar-refractivity contribution is 5.76. The molecule has 0 saturated carbocycles. The van der Waals surface area contributed by atoms with E-state index in [1.54, 1.807) is 0 Å². The lowest BCUT2D eigenvalue weighted by Gasteiger charge is -2.11. The summed E-state index contributed by atoms with van der Waals surface area (Å²) in [5.74, 6) is 0. The molecule has 0 amide bonds. The summed E-state index contributed by atoms with van der Waals surface area (Å²) >= 11 is 0. The maximum atomic E-state index is 5.07. The average molecular weight is 367 g/mol. The Balaban J connectivity index is 1.97. The predicted molar refractivity (Wildman–Crippen MR) is 118 cm³/mol. The second-order valence-electron chi connectivity index (χ2n) is 7.73. The van der Waals surface area contributed by atoms with E-state index in [2.05, 4.69) is 106 Å². The van der Waals surface area contributed by atoms with Gasteiger partial charge in [0.05, 0.1) is 17.1 Å². The van der Waals surface area contributed by atoms with E-state index in [4.69, 9.17) is 5.10 Å². The third kappa shape index (κ3) is 3.27. The van der Waals surface area contributed by atoms with Gasteiger partial charge in [-0.15, -0.1) is 0 Å². The van der Waals surface area contributed by atoms with Gasteiger partial charge in [0.2, 0.25) is 0 Å². The summed E-state index contributed by atoms with van der Waals surface area (Å²) in [6, 6.07) is 23.9. The summed E-state index contributed by atoms with van der Waals surface area (Å²) < 4.78 is 2.10. The molecule has 0 atom stereocenters. The van der Waals surface area contributed by atoms with Crippen LogP contribution in [0, 0.1) is 34.6 Å². The lowest BCUT2D eigenvalue weighted by atomic mass is 10.0. The molecular weight excluding hydrogens is 340 g/mol. The van der Waals surface area contributed by atoms with Crippen LogP contribution in [-0.2, 0) is 0 Å². The fraction of sp³-hybridized carbons (Fsp3) is 0.192. The Hall–Kier alpha value is -3.13. The topological polar surface area (TPSA) is 17.8 Å². The van der Waals surface area contributed by atoms with Crippen LogP contribution in [0.1, 0.15) is 27.8 Å². The van der Waals surface area contributed by atoms with Gasteiger partial charge in [0.25, 0.3) is 0 Å². The molecule has 0 radical (unpaired) electrons. The van der Waals surface area contributed by atoms with Crippen LogP contribution >= 0.6 is 0 Å². The molecule has 0 fully saturated rings. The first-order chi connectivity index (χ1) is 13.4. The SMILES string of the molecule is Cc1ccc(-c2nn(-c3ccc(C)c(C)c3)c(-c3ccc(C)cc3)c2C)cc1. The van der Waals surface area contributed by atoms with Gasteiger partial charge in [-0.05, 0) is 57.9 Å². The highest BCUT2D eigenvalue weighted by Gasteiger charge is 2.18. The molecule has 140 valence electrons. The van der Waals surface area contributed by atoms with Gasteiger partial charge in [0.15, 0.2) is 0 Å². The number of benzene rings is 3. The van der Waals surface area contributed by atoms with Gasteiger partial charge in [-0.25, -0.2) is 4.68 Å². The van der Waals surface area contributed by atoms with Gasteiger partial charge in [-0.3, -0.25) is 0 Å². The second kappa shape index (κ2) is 7.12. The van der Waals surface area contributed by atoms with Gasteiger partial charge >= 0.3 is 0 Å². The molecule has 0 N–H and O–H groups in total. The van der Waals surface area contributed by atoms with E-state index in [-0.39, 0.29) is 0 Å². The Morgan fingerprint density at radius 3 is 1.75 bits per heavy atom. The van der Waals surface area contributed by atoms with E-state index >= 15 is 0 Å². The Morgan fingerprint density at radius 1 is 0.607 bits per heavy atom. The van der Waals surface area contributed by atoms with Crippen molar-refractivity contribution in [2.45, 2.75) is 34.6 Å². The molecule has 0 aliphatic rings. The summed E-state index contributed by atoms with van der Waals surface area (Å²) in [7, 11) is 0. The van der Waals surface area contributed by atoms with Gasteiger partial charge in [0, 0.05) is 16.7 Å². The van der Waals surface area contributed by atoms with Crippen LogP contribution in [0.4, 0.5) is 0 Å². The van der Waals surface area contributed by atoms with Crippen molar-refractivity contribution < 1.29 is 0 Å². The van der Waals surface area contributed by atoms with Crippen LogP contribution in [0.25, 0.3) is 28.2 Å². The van der Waals surface area contributed by atoms with E-state index in [1.165, 1.54) is 33.4 Å². The summed E-state index contributed by atoms with van der Waals surface area (Å²) in [6.45, 7) is 10.7. The van der Waals surface area contributed by atoms with Crippen LogP contribution in [0.5, 0.6) is 0 Å². The van der Waals surface area contributed by atoms with E-state index in [0.29, 0.717) is 0 Å². The van der Waals surface area contributed by atoms with Gasteiger partial charge in [-0.2, -0.15) is 5.10 Å². The van der Waals surface area contributed by atoms with E-state index in [0.717, 1.165) is 22.6 Å². The molecule has 4 aromatic rings.